The van der Waals surface area contributed by atoms with Crippen LogP contribution in [0.1, 0.15) is 42.8 Å². The molecule has 2 N–H and O–H groups in total. The van der Waals surface area contributed by atoms with Gasteiger partial charge in [0.2, 0.25) is 5.70 Å². The largest absolute Gasteiger partial charge is 0.358 e. The Hall–Kier alpha value is -1.57. The maximum Gasteiger partial charge on any atom is 0.209 e. The standard InChI is InChI=1S/C15H20N2/c1-6-13-9(2)8-16-15(13)7-14-11(4)10(3)12(5)17-14/h7-8,17H,6H2,1-5H3/p+1/b15-7-. The van der Waals surface area contributed by atoms with E-state index in [0.717, 1.165) is 6.42 Å². The molecule has 90 valence electrons. The summed E-state index contributed by atoms with van der Waals surface area (Å²) in [5.41, 5.74) is 9.17. The van der Waals surface area contributed by atoms with E-state index in [9.17, 15) is 0 Å². The number of aromatic amines is 1. The van der Waals surface area contributed by atoms with E-state index in [0.29, 0.717) is 0 Å². The second kappa shape index (κ2) is 4.36. The summed E-state index contributed by atoms with van der Waals surface area (Å²) in [6.07, 6.45) is 5.38. The summed E-state index contributed by atoms with van der Waals surface area (Å²) in [6, 6.07) is 0. The van der Waals surface area contributed by atoms with Crippen molar-refractivity contribution in [3.05, 3.63) is 39.4 Å². The lowest BCUT2D eigenvalue weighted by Crippen LogP contribution is -2.64. The highest BCUT2D eigenvalue weighted by Crippen LogP contribution is 2.21. The van der Waals surface area contributed by atoms with Crippen molar-refractivity contribution in [3.63, 3.8) is 0 Å². The number of hydrogen-bond acceptors (Lipinski definition) is 0. The molecule has 1 aliphatic rings. The van der Waals surface area contributed by atoms with Gasteiger partial charge in [0, 0.05) is 28.6 Å². The van der Waals surface area contributed by atoms with Crippen LogP contribution < -0.4 is 4.99 Å². The minimum Gasteiger partial charge on any atom is -0.358 e. The Bertz CT molecular complexity index is 540. The van der Waals surface area contributed by atoms with E-state index >= 15 is 0 Å². The first-order valence-corrected chi connectivity index (χ1v) is 6.22. The van der Waals surface area contributed by atoms with Gasteiger partial charge in [0.25, 0.3) is 0 Å². The Morgan fingerprint density at radius 2 is 1.88 bits per heavy atom. The van der Waals surface area contributed by atoms with Gasteiger partial charge in [0.1, 0.15) is 0 Å². The van der Waals surface area contributed by atoms with E-state index in [-0.39, 0.29) is 0 Å². The van der Waals surface area contributed by atoms with Crippen LogP contribution in [-0.2, 0) is 0 Å². The average Bonchev–Trinajstić information content (AvgIpc) is 2.76. The molecule has 0 aromatic carbocycles. The number of H-pyrrole nitrogens is 1. The lowest BCUT2D eigenvalue weighted by atomic mass is 10.1. The first-order valence-electron chi connectivity index (χ1n) is 6.22. The molecule has 0 unspecified atom stereocenters. The Kier molecular flexibility index (Phi) is 3.05. The van der Waals surface area contributed by atoms with Crippen LogP contribution >= 0.6 is 0 Å². The van der Waals surface area contributed by atoms with E-state index in [1.165, 1.54) is 39.4 Å². The Morgan fingerprint density at radius 3 is 2.41 bits per heavy atom. The molecule has 0 amide bonds. The summed E-state index contributed by atoms with van der Waals surface area (Å²) in [7, 11) is 0. The molecule has 1 aromatic rings. The molecule has 17 heavy (non-hydrogen) atoms. The van der Waals surface area contributed by atoms with Crippen molar-refractivity contribution in [2.45, 2.75) is 41.0 Å². The van der Waals surface area contributed by atoms with Crippen LogP contribution in [-0.4, -0.2) is 11.2 Å². The summed E-state index contributed by atoms with van der Waals surface area (Å²) in [6.45, 7) is 10.8. The molecule has 2 rings (SSSR count). The minimum absolute atomic E-state index is 1.07. The quantitative estimate of drug-likeness (QED) is 0.778. The highest BCUT2D eigenvalue weighted by Gasteiger charge is 2.18. The lowest BCUT2D eigenvalue weighted by Gasteiger charge is -1.97. The van der Waals surface area contributed by atoms with Gasteiger partial charge >= 0.3 is 0 Å². The normalized spacial score (nSPS) is 17.6. The zero-order chi connectivity index (χ0) is 12.6. The first kappa shape index (κ1) is 11.9. The van der Waals surface area contributed by atoms with E-state index in [4.69, 9.17) is 0 Å². The Balaban J connectivity index is 2.45. The van der Waals surface area contributed by atoms with Crippen molar-refractivity contribution in [2.75, 3.05) is 0 Å². The second-order valence-electron chi connectivity index (χ2n) is 4.78. The highest BCUT2D eigenvalue weighted by atomic mass is 14.8. The number of hydrogen-bond donors (Lipinski definition) is 2. The van der Waals surface area contributed by atoms with Crippen LogP contribution in [0.15, 0.2) is 16.8 Å². The second-order valence-corrected chi connectivity index (χ2v) is 4.78. The molecule has 0 aliphatic carbocycles. The fourth-order valence-corrected chi connectivity index (χ4v) is 2.33. The summed E-state index contributed by atoms with van der Waals surface area (Å²) in [5.74, 6) is 0. The lowest BCUT2D eigenvalue weighted by molar-refractivity contribution is -0.380. The molecule has 2 heterocycles. The number of allylic oxidation sites excluding steroid dienone is 2. The van der Waals surface area contributed by atoms with Gasteiger partial charge < -0.3 is 4.98 Å². The van der Waals surface area contributed by atoms with Crippen molar-refractivity contribution in [2.24, 2.45) is 0 Å². The minimum atomic E-state index is 1.07. The van der Waals surface area contributed by atoms with E-state index in [2.05, 4.69) is 56.9 Å². The fraction of sp³-hybridized carbons (Fsp3) is 0.400. The number of rotatable bonds is 2. The first-order chi connectivity index (χ1) is 8.04. The summed E-state index contributed by atoms with van der Waals surface area (Å²) >= 11 is 0. The zero-order valence-electron chi connectivity index (χ0n) is 11.4. The molecule has 0 saturated carbocycles. The maximum absolute atomic E-state index is 3.45. The third kappa shape index (κ3) is 1.99. The summed E-state index contributed by atoms with van der Waals surface area (Å²) in [4.78, 5) is 6.80. The monoisotopic (exact) mass is 229 g/mol. The van der Waals surface area contributed by atoms with E-state index in [1.807, 2.05) is 0 Å². The molecule has 0 fully saturated rings. The van der Waals surface area contributed by atoms with Gasteiger partial charge in [0.05, 0.1) is 0 Å². The van der Waals surface area contributed by atoms with Gasteiger partial charge in [-0.3, -0.25) is 0 Å². The van der Waals surface area contributed by atoms with Gasteiger partial charge in [-0.15, -0.1) is 0 Å². The molecular weight excluding hydrogens is 208 g/mol. The molecule has 0 saturated heterocycles. The molecule has 1 aromatic heterocycles. The predicted molar refractivity (Wildman–Crippen MR) is 73.0 cm³/mol. The number of aryl methyl sites for hydroxylation is 1. The van der Waals surface area contributed by atoms with Gasteiger partial charge in [-0.25, -0.2) is 4.99 Å². The highest BCUT2D eigenvalue weighted by molar-refractivity contribution is 5.80. The molecule has 2 nitrogen and oxygen atoms in total. The van der Waals surface area contributed by atoms with Crippen molar-refractivity contribution in [1.29, 1.82) is 0 Å². The topological polar surface area (TPSA) is 29.8 Å². The Labute approximate surface area is 103 Å². The Morgan fingerprint density at radius 1 is 1.18 bits per heavy atom. The van der Waals surface area contributed by atoms with Gasteiger partial charge in [0.15, 0.2) is 6.21 Å². The van der Waals surface area contributed by atoms with Crippen LogP contribution in [0.5, 0.6) is 0 Å². The van der Waals surface area contributed by atoms with Crippen LogP contribution in [0.4, 0.5) is 0 Å². The molecular formula is C15H21N2+. The predicted octanol–water partition coefficient (Wildman–Crippen LogP) is 2.17. The average molecular weight is 229 g/mol. The SMILES string of the molecule is CCC1=C(C)C=[NH+]/C1=C\c1[nH]c(C)c(C)c1C. The van der Waals surface area contributed by atoms with Crippen molar-refractivity contribution < 1.29 is 4.99 Å². The molecule has 0 spiro atoms. The van der Waals surface area contributed by atoms with Crippen LogP contribution in [0.2, 0.25) is 0 Å². The van der Waals surface area contributed by atoms with Crippen LogP contribution in [0.25, 0.3) is 6.08 Å². The van der Waals surface area contributed by atoms with Crippen molar-refractivity contribution >= 4 is 12.3 Å². The third-order valence-electron chi connectivity index (χ3n) is 3.74. The molecule has 0 radical (unpaired) electrons. The third-order valence-corrected chi connectivity index (χ3v) is 3.74. The van der Waals surface area contributed by atoms with Crippen LogP contribution in [0, 0.1) is 20.8 Å². The molecule has 0 atom stereocenters. The van der Waals surface area contributed by atoms with Crippen molar-refractivity contribution in [1.82, 2.24) is 4.98 Å². The molecule has 2 heteroatoms. The van der Waals surface area contributed by atoms with Gasteiger partial charge in [-0.05, 0) is 45.2 Å². The summed E-state index contributed by atoms with van der Waals surface area (Å²) in [5, 5.41) is 0. The van der Waals surface area contributed by atoms with Crippen molar-refractivity contribution in [3.8, 4) is 0 Å². The van der Waals surface area contributed by atoms with Crippen LogP contribution in [0.3, 0.4) is 0 Å². The van der Waals surface area contributed by atoms with Gasteiger partial charge in [-0.2, -0.15) is 0 Å². The molecule has 1 aliphatic heterocycles. The van der Waals surface area contributed by atoms with E-state index in [1.54, 1.807) is 0 Å². The maximum atomic E-state index is 3.45. The number of aromatic nitrogens is 1. The fourth-order valence-electron chi connectivity index (χ4n) is 2.33. The molecule has 0 bridgehead atoms. The van der Waals surface area contributed by atoms with Gasteiger partial charge in [-0.1, -0.05) is 6.92 Å². The smallest absolute Gasteiger partial charge is 0.209 e. The number of nitrogens with one attached hydrogen (secondary N) is 2. The van der Waals surface area contributed by atoms with E-state index < -0.39 is 0 Å². The summed E-state index contributed by atoms with van der Waals surface area (Å²) < 4.78 is 0. The zero-order valence-corrected chi connectivity index (χ0v) is 11.4.